The molecule has 178 valence electrons. The van der Waals surface area contributed by atoms with E-state index in [1.165, 1.54) is 36.4 Å². The summed E-state index contributed by atoms with van der Waals surface area (Å²) in [5.74, 6) is -1.21. The number of nitro groups is 1. The SMILES string of the molecule is O=C(CSc1ccc(-c2ccc([N+](=O)[O-])cc2)nn1)Nc1cc(C(F)(F)F)cc(C(F)(F)F)c1. The zero-order chi connectivity index (χ0) is 25.1. The van der Waals surface area contributed by atoms with Gasteiger partial charge in [-0.1, -0.05) is 11.8 Å². The minimum atomic E-state index is -5.03. The Morgan fingerprint density at radius 3 is 1.97 bits per heavy atom. The molecule has 0 saturated carbocycles. The average Bonchev–Trinajstić information content (AvgIpc) is 2.77. The summed E-state index contributed by atoms with van der Waals surface area (Å²) in [6, 6.07) is 9.37. The summed E-state index contributed by atoms with van der Waals surface area (Å²) in [6.07, 6.45) is -10.1. The van der Waals surface area contributed by atoms with Crippen LogP contribution in [0.1, 0.15) is 11.1 Å². The number of nitrogens with zero attached hydrogens (tertiary/aromatic N) is 3. The molecule has 0 saturated heterocycles. The summed E-state index contributed by atoms with van der Waals surface area (Å²) < 4.78 is 77.5. The minimum Gasteiger partial charge on any atom is -0.325 e. The van der Waals surface area contributed by atoms with Crippen LogP contribution >= 0.6 is 11.8 Å². The third kappa shape index (κ3) is 6.43. The van der Waals surface area contributed by atoms with Gasteiger partial charge in [0.15, 0.2) is 0 Å². The van der Waals surface area contributed by atoms with E-state index in [0.717, 1.165) is 11.8 Å². The Bertz CT molecular complexity index is 1170. The number of alkyl halides is 6. The first kappa shape index (κ1) is 25.0. The Labute approximate surface area is 191 Å². The molecule has 0 fully saturated rings. The Morgan fingerprint density at radius 1 is 0.912 bits per heavy atom. The molecule has 14 heteroatoms. The van der Waals surface area contributed by atoms with Crippen LogP contribution in [-0.4, -0.2) is 26.8 Å². The molecule has 0 aliphatic carbocycles. The summed E-state index contributed by atoms with van der Waals surface area (Å²) >= 11 is 0.858. The summed E-state index contributed by atoms with van der Waals surface area (Å²) in [6.45, 7) is 0. The van der Waals surface area contributed by atoms with Gasteiger partial charge in [0.1, 0.15) is 5.03 Å². The molecule has 1 heterocycles. The number of anilines is 1. The van der Waals surface area contributed by atoms with Gasteiger partial charge in [-0.2, -0.15) is 26.3 Å². The van der Waals surface area contributed by atoms with E-state index in [2.05, 4.69) is 10.2 Å². The number of thioether (sulfide) groups is 1. The topological polar surface area (TPSA) is 98.0 Å². The van der Waals surface area contributed by atoms with E-state index >= 15 is 0 Å². The second-order valence-electron chi connectivity index (χ2n) is 6.69. The maximum absolute atomic E-state index is 12.9. The summed E-state index contributed by atoms with van der Waals surface area (Å²) in [7, 11) is 0. The van der Waals surface area contributed by atoms with Crippen molar-refractivity contribution < 1.29 is 36.1 Å². The molecule has 0 atom stereocenters. The van der Waals surface area contributed by atoms with Crippen molar-refractivity contribution in [3.05, 3.63) is 75.8 Å². The van der Waals surface area contributed by atoms with Gasteiger partial charge in [-0.3, -0.25) is 14.9 Å². The highest BCUT2D eigenvalue weighted by Gasteiger charge is 2.37. The van der Waals surface area contributed by atoms with E-state index in [1.807, 2.05) is 5.32 Å². The first-order valence-electron chi connectivity index (χ1n) is 9.13. The molecule has 0 radical (unpaired) electrons. The predicted octanol–water partition coefficient (Wildman–Crippen LogP) is 5.82. The number of carbonyl (C=O) groups is 1. The summed E-state index contributed by atoms with van der Waals surface area (Å²) in [5, 5.41) is 20.8. The van der Waals surface area contributed by atoms with Gasteiger partial charge in [0, 0.05) is 23.4 Å². The third-order valence-corrected chi connectivity index (χ3v) is 5.16. The van der Waals surface area contributed by atoms with Crippen molar-refractivity contribution >= 4 is 29.0 Å². The highest BCUT2D eigenvalue weighted by molar-refractivity contribution is 7.99. The molecule has 0 aliphatic heterocycles. The van der Waals surface area contributed by atoms with E-state index in [9.17, 15) is 41.3 Å². The summed E-state index contributed by atoms with van der Waals surface area (Å²) in [4.78, 5) is 22.2. The zero-order valence-electron chi connectivity index (χ0n) is 16.6. The molecule has 0 aliphatic rings. The second-order valence-corrected chi connectivity index (χ2v) is 7.69. The summed E-state index contributed by atoms with van der Waals surface area (Å²) in [5.41, 5.74) is -2.88. The van der Waals surface area contributed by atoms with Crippen molar-refractivity contribution in [3.8, 4) is 11.3 Å². The van der Waals surface area contributed by atoms with Gasteiger partial charge in [-0.05, 0) is 42.5 Å². The van der Waals surface area contributed by atoms with Crippen LogP contribution in [0.3, 0.4) is 0 Å². The van der Waals surface area contributed by atoms with Gasteiger partial charge < -0.3 is 5.32 Å². The van der Waals surface area contributed by atoms with Crippen LogP contribution in [0, 0.1) is 10.1 Å². The lowest BCUT2D eigenvalue weighted by Gasteiger charge is -2.14. The quantitative estimate of drug-likeness (QED) is 0.197. The lowest BCUT2D eigenvalue weighted by Crippen LogP contribution is -2.17. The molecular formula is C20H12F6N4O3S. The van der Waals surface area contributed by atoms with Gasteiger partial charge >= 0.3 is 12.4 Å². The minimum absolute atomic E-state index is 0.0352. The van der Waals surface area contributed by atoms with Crippen LogP contribution in [0.25, 0.3) is 11.3 Å². The molecule has 3 aromatic rings. The van der Waals surface area contributed by atoms with Crippen LogP contribution < -0.4 is 5.32 Å². The zero-order valence-corrected chi connectivity index (χ0v) is 17.5. The smallest absolute Gasteiger partial charge is 0.325 e. The van der Waals surface area contributed by atoms with Crippen molar-refractivity contribution in [2.75, 3.05) is 11.1 Å². The van der Waals surface area contributed by atoms with Gasteiger partial charge in [-0.15, -0.1) is 10.2 Å². The van der Waals surface area contributed by atoms with Crippen LogP contribution in [0.4, 0.5) is 37.7 Å². The fourth-order valence-corrected chi connectivity index (χ4v) is 3.28. The number of carbonyl (C=O) groups excluding carboxylic acids is 1. The Hall–Kier alpha value is -3.68. The number of benzene rings is 2. The lowest BCUT2D eigenvalue weighted by atomic mass is 10.1. The van der Waals surface area contributed by atoms with Crippen LogP contribution in [0.2, 0.25) is 0 Å². The normalized spacial score (nSPS) is 11.8. The standard InChI is InChI=1S/C20H12F6N4O3S/c21-19(22,23)12-7-13(20(24,25)26)9-14(8-12)27-17(31)10-34-18-6-5-16(28-29-18)11-1-3-15(4-2-11)30(32)33/h1-9H,10H2,(H,27,31). The molecule has 1 aromatic heterocycles. The predicted molar refractivity (Wildman–Crippen MR) is 110 cm³/mol. The van der Waals surface area contributed by atoms with E-state index in [-0.39, 0.29) is 22.5 Å². The van der Waals surface area contributed by atoms with Gasteiger partial charge in [-0.25, -0.2) is 0 Å². The number of non-ortho nitro benzene ring substituents is 1. The average molecular weight is 502 g/mol. The number of rotatable bonds is 6. The Morgan fingerprint density at radius 2 is 1.50 bits per heavy atom. The van der Waals surface area contributed by atoms with Crippen molar-refractivity contribution in [1.82, 2.24) is 10.2 Å². The first-order chi connectivity index (χ1) is 15.8. The van der Waals surface area contributed by atoms with E-state index in [1.54, 1.807) is 0 Å². The van der Waals surface area contributed by atoms with Crippen molar-refractivity contribution in [2.45, 2.75) is 17.4 Å². The monoisotopic (exact) mass is 502 g/mol. The van der Waals surface area contributed by atoms with Crippen LogP contribution in [0.5, 0.6) is 0 Å². The molecule has 3 rings (SSSR count). The van der Waals surface area contributed by atoms with E-state index in [4.69, 9.17) is 0 Å². The fourth-order valence-electron chi connectivity index (χ4n) is 2.67. The number of hydrogen-bond donors (Lipinski definition) is 1. The molecular weight excluding hydrogens is 490 g/mol. The second kappa shape index (κ2) is 9.67. The van der Waals surface area contributed by atoms with Crippen LogP contribution in [0.15, 0.2) is 59.6 Å². The first-order valence-corrected chi connectivity index (χ1v) is 10.1. The third-order valence-electron chi connectivity index (χ3n) is 4.24. The Kier molecular flexibility index (Phi) is 7.09. The molecule has 0 bridgehead atoms. The van der Waals surface area contributed by atoms with Crippen molar-refractivity contribution in [1.29, 1.82) is 0 Å². The molecule has 1 amide bonds. The van der Waals surface area contributed by atoms with Crippen LogP contribution in [-0.2, 0) is 17.1 Å². The number of hydrogen-bond acceptors (Lipinski definition) is 6. The van der Waals surface area contributed by atoms with Gasteiger partial charge in [0.05, 0.1) is 27.5 Å². The largest absolute Gasteiger partial charge is 0.416 e. The highest BCUT2D eigenvalue weighted by Crippen LogP contribution is 2.37. The highest BCUT2D eigenvalue weighted by atomic mass is 32.2. The maximum atomic E-state index is 12.9. The van der Waals surface area contributed by atoms with Crippen molar-refractivity contribution in [3.63, 3.8) is 0 Å². The molecule has 2 aromatic carbocycles. The molecule has 0 spiro atoms. The molecule has 1 N–H and O–H groups in total. The van der Waals surface area contributed by atoms with Gasteiger partial charge in [0.25, 0.3) is 5.69 Å². The number of nitro benzene ring substituents is 1. The number of aromatic nitrogens is 2. The fraction of sp³-hybridized carbons (Fsp3) is 0.150. The van der Waals surface area contributed by atoms with Crippen molar-refractivity contribution in [2.24, 2.45) is 0 Å². The maximum Gasteiger partial charge on any atom is 0.416 e. The molecule has 0 unspecified atom stereocenters. The number of amides is 1. The molecule has 34 heavy (non-hydrogen) atoms. The van der Waals surface area contributed by atoms with E-state index in [0.29, 0.717) is 23.4 Å². The molecule has 7 nitrogen and oxygen atoms in total. The lowest BCUT2D eigenvalue weighted by molar-refractivity contribution is -0.384. The number of halogens is 6. The number of nitrogens with one attached hydrogen (secondary N) is 1. The Balaban J connectivity index is 1.65. The van der Waals surface area contributed by atoms with Gasteiger partial charge in [0.2, 0.25) is 5.91 Å². The van der Waals surface area contributed by atoms with E-state index < -0.39 is 40.0 Å².